The van der Waals surface area contributed by atoms with Gasteiger partial charge in [0, 0.05) is 5.30 Å². The molecule has 2 unspecified atom stereocenters. The Hall–Kier alpha value is -1.25. The zero-order chi connectivity index (χ0) is 16.6. The first-order valence-corrected chi connectivity index (χ1v) is 9.69. The van der Waals surface area contributed by atoms with Gasteiger partial charge in [-0.05, 0) is 17.7 Å². The smallest absolute Gasteiger partial charge is 0.323 e. The van der Waals surface area contributed by atoms with E-state index < -0.39 is 12.5 Å². The minimum absolute atomic E-state index is 0.00180. The van der Waals surface area contributed by atoms with Crippen molar-refractivity contribution in [1.82, 2.24) is 5.09 Å². The van der Waals surface area contributed by atoms with E-state index in [1.165, 1.54) is 7.11 Å². The molecule has 5 nitrogen and oxygen atoms in total. The van der Waals surface area contributed by atoms with Crippen molar-refractivity contribution in [3.63, 3.8) is 0 Å². The lowest BCUT2D eigenvalue weighted by molar-refractivity contribution is -0.143. The highest BCUT2D eigenvalue weighted by Crippen LogP contribution is 2.43. The van der Waals surface area contributed by atoms with Crippen molar-refractivity contribution in [3.8, 4) is 6.07 Å². The van der Waals surface area contributed by atoms with E-state index in [9.17, 15) is 4.79 Å². The largest absolute Gasteiger partial charge is 0.468 e. The summed E-state index contributed by atoms with van der Waals surface area (Å²) in [6, 6.07) is 10.8. The average Bonchev–Trinajstić information content (AvgIpc) is 2.53. The normalized spacial score (nSPS) is 14.9. The number of nitriles is 1. The zero-order valence-electron chi connectivity index (χ0n) is 13.0. The minimum atomic E-state index is -2.65. The Morgan fingerprint density at radius 3 is 2.55 bits per heavy atom. The predicted molar refractivity (Wildman–Crippen MR) is 90.3 cm³/mol. The number of hydrogen-bond donors (Lipinski definition) is 1. The molecule has 2 atom stereocenters. The maximum Gasteiger partial charge on any atom is 0.323 e. The molecule has 1 rings (SSSR count). The Labute approximate surface area is 136 Å². The minimum Gasteiger partial charge on any atom is -0.468 e. The molecule has 0 amide bonds. The summed E-state index contributed by atoms with van der Waals surface area (Å²) in [4.78, 5) is 12.0. The van der Waals surface area contributed by atoms with Crippen LogP contribution in [0.15, 0.2) is 30.3 Å². The summed E-state index contributed by atoms with van der Waals surface area (Å²) in [5.41, 5.74) is 0. The van der Waals surface area contributed by atoms with E-state index in [0.717, 1.165) is 5.30 Å². The topological polar surface area (TPSA) is 71.3 Å². The molecule has 0 saturated heterocycles. The summed E-state index contributed by atoms with van der Waals surface area (Å²) in [6.07, 6.45) is -2.40. The lowest BCUT2D eigenvalue weighted by atomic mass is 10.1. The number of nitrogens with zero attached hydrogens (tertiary/aromatic N) is 1. The van der Waals surface area contributed by atoms with E-state index in [0.29, 0.717) is 0 Å². The van der Waals surface area contributed by atoms with Gasteiger partial charge in [0.1, 0.15) is 6.04 Å². The van der Waals surface area contributed by atoms with Crippen LogP contribution in [0.4, 0.5) is 0 Å². The van der Waals surface area contributed by atoms with Crippen LogP contribution in [0.5, 0.6) is 0 Å². The summed E-state index contributed by atoms with van der Waals surface area (Å²) in [6.45, 7) is 4.05. The Morgan fingerprint density at radius 2 is 2.05 bits per heavy atom. The number of carbonyl (C=O) groups is 1. The molecular weight excluding hydrogens is 319 g/mol. The van der Waals surface area contributed by atoms with E-state index in [4.69, 9.17) is 26.3 Å². The van der Waals surface area contributed by atoms with Gasteiger partial charge in [-0.2, -0.15) is 5.26 Å². The van der Waals surface area contributed by atoms with Crippen molar-refractivity contribution < 1.29 is 14.1 Å². The van der Waals surface area contributed by atoms with Gasteiger partial charge in [0.25, 0.3) is 0 Å². The van der Waals surface area contributed by atoms with Crippen LogP contribution in [0.2, 0.25) is 0 Å². The van der Waals surface area contributed by atoms with Crippen LogP contribution in [-0.4, -0.2) is 25.7 Å². The maximum absolute atomic E-state index is 12.0. The Bertz CT molecular complexity index is 572. The van der Waals surface area contributed by atoms with Gasteiger partial charge in [-0.15, -0.1) is 0 Å². The van der Waals surface area contributed by atoms with Crippen molar-refractivity contribution >= 4 is 29.5 Å². The van der Waals surface area contributed by atoms with E-state index >= 15 is 0 Å². The first kappa shape index (κ1) is 18.8. The van der Waals surface area contributed by atoms with Crippen molar-refractivity contribution in [2.75, 3.05) is 13.7 Å². The molecule has 0 bridgehead atoms. The summed E-state index contributed by atoms with van der Waals surface area (Å²) < 4.78 is 10.7. The quantitative estimate of drug-likeness (QED) is 0.445. The fourth-order valence-corrected chi connectivity index (χ4v) is 4.80. The third-order valence-corrected chi connectivity index (χ3v) is 6.42. The van der Waals surface area contributed by atoms with Gasteiger partial charge in [-0.25, -0.2) is 0 Å². The van der Waals surface area contributed by atoms with Gasteiger partial charge in [-0.3, -0.25) is 9.88 Å². The van der Waals surface area contributed by atoms with E-state index in [2.05, 4.69) is 5.09 Å². The number of methoxy groups -OCH3 is 1. The van der Waals surface area contributed by atoms with Gasteiger partial charge >= 0.3 is 5.97 Å². The second-order valence-corrected chi connectivity index (χ2v) is 8.68. The van der Waals surface area contributed by atoms with Crippen LogP contribution >= 0.6 is 6.42 Å². The molecule has 1 aromatic rings. The molecule has 0 aromatic heterocycles. The fraction of sp³-hybridized carbons (Fsp3) is 0.467. The van der Waals surface area contributed by atoms with E-state index in [1.807, 2.05) is 50.2 Å². The van der Waals surface area contributed by atoms with E-state index in [1.54, 1.807) is 0 Å². The van der Waals surface area contributed by atoms with E-state index in [-0.39, 0.29) is 24.9 Å². The second kappa shape index (κ2) is 9.02. The highest BCUT2D eigenvalue weighted by atomic mass is 32.4. The molecule has 120 valence electrons. The molecule has 1 N–H and O–H groups in total. The third-order valence-electron chi connectivity index (χ3n) is 3.01. The van der Waals surface area contributed by atoms with Crippen molar-refractivity contribution in [2.45, 2.75) is 26.3 Å². The van der Waals surface area contributed by atoms with Crippen LogP contribution in [0.1, 0.15) is 20.3 Å². The molecule has 0 heterocycles. The predicted octanol–water partition coefficient (Wildman–Crippen LogP) is 2.34. The van der Waals surface area contributed by atoms with Crippen molar-refractivity contribution in [3.05, 3.63) is 30.3 Å². The summed E-state index contributed by atoms with van der Waals surface area (Å²) in [5, 5.41) is 12.7. The zero-order valence-corrected chi connectivity index (χ0v) is 14.7. The SMILES string of the molecule is COC(=O)C(NP(=S)(OCCC#N)c1ccccc1)C(C)C. The van der Waals surface area contributed by atoms with Crippen LogP contribution in [0.25, 0.3) is 0 Å². The standard InChI is InChI=1S/C15H21N2O3PS/c1-12(2)14(15(18)19-3)17-21(22,20-11-7-10-16)13-8-5-4-6-9-13/h4-6,8-9,12,14H,7,11H2,1-3H3,(H,17,22). The highest BCUT2D eigenvalue weighted by Gasteiger charge is 2.31. The molecule has 22 heavy (non-hydrogen) atoms. The molecule has 0 radical (unpaired) electrons. The van der Waals surface area contributed by atoms with Gasteiger partial charge in [0.15, 0.2) is 6.42 Å². The Morgan fingerprint density at radius 1 is 1.41 bits per heavy atom. The number of nitrogens with one attached hydrogen (secondary N) is 1. The Kier molecular flexibility index (Phi) is 7.70. The highest BCUT2D eigenvalue weighted by molar-refractivity contribution is 8.14. The summed E-state index contributed by atoms with van der Waals surface area (Å²) in [7, 11) is 1.35. The van der Waals surface area contributed by atoms with Crippen LogP contribution < -0.4 is 10.4 Å². The van der Waals surface area contributed by atoms with Crippen LogP contribution in [-0.2, 0) is 25.9 Å². The summed E-state index contributed by atoms with van der Waals surface area (Å²) in [5.74, 6) is -0.373. The molecule has 1 aromatic carbocycles. The van der Waals surface area contributed by atoms with Crippen molar-refractivity contribution in [2.24, 2.45) is 5.92 Å². The monoisotopic (exact) mass is 340 g/mol. The first-order chi connectivity index (χ1) is 10.4. The van der Waals surface area contributed by atoms with Gasteiger partial charge in [0.05, 0.1) is 26.2 Å². The molecule has 0 aliphatic heterocycles. The molecule has 0 spiro atoms. The number of rotatable bonds is 8. The number of carbonyl (C=O) groups excluding carboxylic acids is 1. The second-order valence-electron chi connectivity index (χ2n) is 5.00. The van der Waals surface area contributed by atoms with Crippen molar-refractivity contribution in [1.29, 1.82) is 5.26 Å². The molecule has 0 aliphatic rings. The van der Waals surface area contributed by atoms with Gasteiger partial charge in [-0.1, -0.05) is 44.2 Å². The maximum atomic E-state index is 12.0. The lowest BCUT2D eigenvalue weighted by Gasteiger charge is -2.29. The number of benzene rings is 1. The lowest BCUT2D eigenvalue weighted by Crippen LogP contribution is -2.42. The average molecular weight is 340 g/mol. The van der Waals surface area contributed by atoms with Crippen LogP contribution in [0.3, 0.4) is 0 Å². The number of ether oxygens (including phenoxy) is 1. The molecule has 7 heteroatoms. The molecule has 0 aliphatic carbocycles. The summed E-state index contributed by atoms with van der Waals surface area (Å²) >= 11 is 5.70. The fourth-order valence-electron chi connectivity index (χ4n) is 1.81. The Balaban J connectivity index is 3.07. The van der Waals surface area contributed by atoms with Crippen LogP contribution in [0, 0.1) is 17.2 Å². The van der Waals surface area contributed by atoms with Gasteiger partial charge < -0.3 is 9.26 Å². The van der Waals surface area contributed by atoms with Gasteiger partial charge in [0.2, 0.25) is 0 Å². The molecule has 0 fully saturated rings. The third kappa shape index (κ3) is 5.19. The molecular formula is C15H21N2O3PS. The number of esters is 1. The first-order valence-electron chi connectivity index (χ1n) is 6.97. The molecule has 0 saturated carbocycles. The number of hydrogen-bond acceptors (Lipinski definition) is 5.